The van der Waals surface area contributed by atoms with Gasteiger partial charge in [-0.15, -0.1) is 6.58 Å². The molecule has 1 rings (SSSR count). The first-order chi connectivity index (χ1) is 6.29. The van der Waals surface area contributed by atoms with Crippen LogP contribution in [0.15, 0.2) is 12.7 Å². The number of hydrogen-bond acceptors (Lipinski definition) is 1. The molecule has 0 saturated heterocycles. The van der Waals surface area contributed by atoms with Crippen LogP contribution in [-0.4, -0.2) is 13.1 Å². The maximum absolute atomic E-state index is 3.76. The van der Waals surface area contributed by atoms with E-state index in [1.54, 1.807) is 0 Å². The van der Waals surface area contributed by atoms with Gasteiger partial charge in [-0.25, -0.2) is 0 Å². The number of allylic oxidation sites excluding steroid dienone is 1. The van der Waals surface area contributed by atoms with E-state index >= 15 is 0 Å². The first-order valence-corrected chi connectivity index (χ1v) is 5.57. The van der Waals surface area contributed by atoms with Gasteiger partial charge in [-0.1, -0.05) is 13.0 Å². The SMILES string of the molecule is C=CCCCC1CCC(NC)C1C. The molecule has 1 aliphatic carbocycles. The van der Waals surface area contributed by atoms with Crippen molar-refractivity contribution < 1.29 is 0 Å². The normalized spacial score (nSPS) is 33.5. The van der Waals surface area contributed by atoms with Crippen LogP contribution >= 0.6 is 0 Å². The lowest BCUT2D eigenvalue weighted by Gasteiger charge is -2.19. The van der Waals surface area contributed by atoms with Crippen molar-refractivity contribution in [1.82, 2.24) is 5.32 Å². The van der Waals surface area contributed by atoms with Crippen LogP contribution in [0.25, 0.3) is 0 Å². The van der Waals surface area contributed by atoms with Gasteiger partial charge in [0.05, 0.1) is 0 Å². The Kier molecular flexibility index (Phi) is 4.51. The van der Waals surface area contributed by atoms with Gasteiger partial charge >= 0.3 is 0 Å². The van der Waals surface area contributed by atoms with Gasteiger partial charge in [0.1, 0.15) is 0 Å². The molecule has 1 heteroatoms. The predicted molar refractivity (Wildman–Crippen MR) is 58.8 cm³/mol. The van der Waals surface area contributed by atoms with Crippen LogP contribution in [0.5, 0.6) is 0 Å². The summed E-state index contributed by atoms with van der Waals surface area (Å²) in [4.78, 5) is 0. The highest BCUT2D eigenvalue weighted by atomic mass is 14.9. The monoisotopic (exact) mass is 181 g/mol. The molecular weight excluding hydrogens is 158 g/mol. The molecule has 1 saturated carbocycles. The summed E-state index contributed by atoms with van der Waals surface area (Å²) in [7, 11) is 2.09. The van der Waals surface area contributed by atoms with Gasteiger partial charge in [0.25, 0.3) is 0 Å². The standard InChI is InChI=1S/C12H23N/c1-4-5-6-7-11-8-9-12(13-3)10(11)2/h4,10-13H,1,5-9H2,2-3H3. The van der Waals surface area contributed by atoms with E-state index in [2.05, 4.69) is 25.9 Å². The minimum atomic E-state index is 0.772. The molecule has 0 bridgehead atoms. The van der Waals surface area contributed by atoms with Crippen molar-refractivity contribution in [3.63, 3.8) is 0 Å². The smallest absolute Gasteiger partial charge is 0.00924 e. The Morgan fingerprint density at radius 1 is 1.46 bits per heavy atom. The second-order valence-electron chi connectivity index (χ2n) is 4.31. The van der Waals surface area contributed by atoms with Crippen molar-refractivity contribution in [3.05, 3.63) is 12.7 Å². The number of nitrogens with one attached hydrogen (secondary N) is 1. The Labute approximate surface area is 82.6 Å². The summed E-state index contributed by atoms with van der Waals surface area (Å²) in [6.07, 6.45) is 8.74. The molecule has 0 aromatic carbocycles. The van der Waals surface area contributed by atoms with Crippen LogP contribution < -0.4 is 5.32 Å². The zero-order valence-electron chi connectivity index (χ0n) is 9.05. The number of rotatable bonds is 5. The molecule has 13 heavy (non-hydrogen) atoms. The third-order valence-corrected chi connectivity index (χ3v) is 3.58. The average molecular weight is 181 g/mol. The fourth-order valence-electron chi connectivity index (χ4n) is 2.59. The first-order valence-electron chi connectivity index (χ1n) is 5.57. The van der Waals surface area contributed by atoms with Gasteiger partial charge in [0.2, 0.25) is 0 Å². The third kappa shape index (κ3) is 2.84. The first kappa shape index (κ1) is 10.8. The van der Waals surface area contributed by atoms with Gasteiger partial charge in [-0.3, -0.25) is 0 Å². The van der Waals surface area contributed by atoms with Gasteiger partial charge in [-0.2, -0.15) is 0 Å². The minimum absolute atomic E-state index is 0.772. The summed E-state index contributed by atoms with van der Waals surface area (Å²) in [6.45, 7) is 6.16. The lowest BCUT2D eigenvalue weighted by atomic mass is 9.91. The Hall–Kier alpha value is -0.300. The fourth-order valence-corrected chi connectivity index (χ4v) is 2.59. The maximum Gasteiger partial charge on any atom is 0.00924 e. The minimum Gasteiger partial charge on any atom is -0.317 e. The summed E-state index contributed by atoms with van der Waals surface area (Å²) in [6, 6.07) is 0.772. The summed E-state index contributed by atoms with van der Waals surface area (Å²) in [5.41, 5.74) is 0. The molecule has 3 atom stereocenters. The Morgan fingerprint density at radius 3 is 2.77 bits per heavy atom. The molecule has 0 aromatic heterocycles. The molecule has 1 aliphatic rings. The second kappa shape index (κ2) is 5.43. The zero-order valence-corrected chi connectivity index (χ0v) is 9.05. The van der Waals surface area contributed by atoms with Gasteiger partial charge < -0.3 is 5.32 Å². The predicted octanol–water partition coefficient (Wildman–Crippen LogP) is 2.98. The Morgan fingerprint density at radius 2 is 2.23 bits per heavy atom. The van der Waals surface area contributed by atoms with E-state index in [0.29, 0.717) is 0 Å². The van der Waals surface area contributed by atoms with E-state index in [-0.39, 0.29) is 0 Å². The van der Waals surface area contributed by atoms with E-state index in [1.165, 1.54) is 32.1 Å². The number of unbranched alkanes of at least 4 members (excludes halogenated alkanes) is 1. The van der Waals surface area contributed by atoms with Crippen LogP contribution in [0.1, 0.15) is 39.0 Å². The molecule has 0 spiro atoms. The van der Waals surface area contributed by atoms with E-state index in [0.717, 1.165) is 17.9 Å². The van der Waals surface area contributed by atoms with Crippen LogP contribution in [0, 0.1) is 11.8 Å². The van der Waals surface area contributed by atoms with Crippen LogP contribution in [0.2, 0.25) is 0 Å². The maximum atomic E-state index is 3.76. The summed E-state index contributed by atoms with van der Waals surface area (Å²) >= 11 is 0. The van der Waals surface area contributed by atoms with Crippen LogP contribution in [0.3, 0.4) is 0 Å². The quantitative estimate of drug-likeness (QED) is 0.508. The topological polar surface area (TPSA) is 12.0 Å². The van der Waals surface area contributed by atoms with E-state index in [4.69, 9.17) is 0 Å². The van der Waals surface area contributed by atoms with E-state index in [9.17, 15) is 0 Å². The summed E-state index contributed by atoms with van der Waals surface area (Å²) in [5.74, 6) is 1.83. The van der Waals surface area contributed by atoms with Crippen molar-refractivity contribution >= 4 is 0 Å². The Balaban J connectivity index is 2.24. The molecule has 0 heterocycles. The molecule has 1 nitrogen and oxygen atoms in total. The van der Waals surface area contributed by atoms with Crippen molar-refractivity contribution in [2.24, 2.45) is 11.8 Å². The molecule has 0 aromatic rings. The molecule has 0 aliphatic heterocycles. The Bertz CT molecular complexity index is 153. The van der Waals surface area contributed by atoms with Crippen LogP contribution in [0.4, 0.5) is 0 Å². The highest BCUT2D eigenvalue weighted by Gasteiger charge is 2.30. The highest BCUT2D eigenvalue weighted by molar-refractivity contribution is 4.86. The van der Waals surface area contributed by atoms with E-state index in [1.807, 2.05) is 6.08 Å². The molecule has 3 unspecified atom stereocenters. The highest BCUT2D eigenvalue weighted by Crippen LogP contribution is 2.34. The van der Waals surface area contributed by atoms with Crippen LogP contribution in [-0.2, 0) is 0 Å². The van der Waals surface area contributed by atoms with E-state index < -0.39 is 0 Å². The molecule has 0 radical (unpaired) electrons. The molecule has 1 N–H and O–H groups in total. The third-order valence-electron chi connectivity index (χ3n) is 3.58. The van der Waals surface area contributed by atoms with Crippen molar-refractivity contribution in [2.75, 3.05) is 7.05 Å². The van der Waals surface area contributed by atoms with Gasteiger partial charge in [0, 0.05) is 6.04 Å². The van der Waals surface area contributed by atoms with Crippen molar-refractivity contribution in [1.29, 1.82) is 0 Å². The lowest BCUT2D eigenvalue weighted by molar-refractivity contribution is 0.342. The average Bonchev–Trinajstić information content (AvgIpc) is 2.48. The second-order valence-corrected chi connectivity index (χ2v) is 4.31. The lowest BCUT2D eigenvalue weighted by Crippen LogP contribution is -2.29. The molecule has 76 valence electrons. The molecular formula is C12H23N. The zero-order chi connectivity index (χ0) is 9.68. The van der Waals surface area contributed by atoms with Crippen molar-refractivity contribution in [2.45, 2.75) is 45.1 Å². The van der Waals surface area contributed by atoms with Crippen molar-refractivity contribution in [3.8, 4) is 0 Å². The summed E-state index contributed by atoms with van der Waals surface area (Å²) in [5, 5.41) is 3.41. The summed E-state index contributed by atoms with van der Waals surface area (Å²) < 4.78 is 0. The largest absolute Gasteiger partial charge is 0.317 e. The van der Waals surface area contributed by atoms with Gasteiger partial charge in [-0.05, 0) is 51.0 Å². The van der Waals surface area contributed by atoms with Gasteiger partial charge in [0.15, 0.2) is 0 Å². The molecule has 1 fully saturated rings. The molecule has 0 amide bonds. The fraction of sp³-hybridized carbons (Fsp3) is 0.833. The number of hydrogen-bond donors (Lipinski definition) is 1.